The Kier molecular flexibility index (Phi) is 4.96. The molecule has 4 heteroatoms. The largest absolute Gasteiger partial charge is 0.497 e. The molecule has 3 aromatic carbocycles. The number of methoxy groups -OCH3 is 1. The van der Waals surface area contributed by atoms with Crippen LogP contribution in [0.15, 0.2) is 88.1 Å². The molecule has 0 aliphatic heterocycles. The highest BCUT2D eigenvalue weighted by atomic mass is 16.5. The number of ether oxygens (including phenoxy) is 1. The van der Waals surface area contributed by atoms with Crippen molar-refractivity contribution in [3.63, 3.8) is 0 Å². The third kappa shape index (κ3) is 3.67. The van der Waals surface area contributed by atoms with E-state index in [0.29, 0.717) is 33.1 Å². The Labute approximate surface area is 167 Å². The van der Waals surface area contributed by atoms with Crippen molar-refractivity contribution in [3.05, 3.63) is 100 Å². The van der Waals surface area contributed by atoms with Crippen molar-refractivity contribution in [2.24, 2.45) is 0 Å². The van der Waals surface area contributed by atoms with Crippen LogP contribution in [0.4, 0.5) is 0 Å². The average molecular weight is 379 g/mol. The highest BCUT2D eigenvalue weighted by molar-refractivity contribution is 5.92. The van der Waals surface area contributed by atoms with E-state index in [-0.39, 0.29) is 5.43 Å². The summed E-state index contributed by atoms with van der Waals surface area (Å²) in [7, 11) is 1.62. The maximum absolute atomic E-state index is 12.8. The molecule has 0 amide bonds. The zero-order chi connectivity index (χ0) is 20.2. The maximum Gasteiger partial charge on any atom is 0.200 e. The topological polar surface area (TPSA) is 63.2 Å². The molecular weight excluding hydrogens is 362 g/mol. The summed E-state index contributed by atoms with van der Waals surface area (Å²) in [6.45, 7) is 0. The Balaban J connectivity index is 1.71. The van der Waals surface area contributed by atoms with Crippen molar-refractivity contribution in [2.75, 3.05) is 7.11 Å². The van der Waals surface area contributed by atoms with Crippen molar-refractivity contribution in [1.29, 1.82) is 5.26 Å². The molecule has 0 spiro atoms. The van der Waals surface area contributed by atoms with Crippen LogP contribution >= 0.6 is 0 Å². The second kappa shape index (κ2) is 7.87. The molecule has 29 heavy (non-hydrogen) atoms. The minimum absolute atomic E-state index is 0.102. The number of hydrogen-bond acceptors (Lipinski definition) is 4. The lowest BCUT2D eigenvalue weighted by molar-refractivity contribution is 0.415. The Hall–Kier alpha value is -4.10. The molecule has 0 radical (unpaired) electrons. The number of nitrogens with zero attached hydrogens (tertiary/aromatic N) is 1. The fourth-order valence-electron chi connectivity index (χ4n) is 3.14. The van der Waals surface area contributed by atoms with Gasteiger partial charge in [0.2, 0.25) is 5.43 Å². The zero-order valence-electron chi connectivity index (χ0n) is 15.8. The first-order chi connectivity index (χ1) is 14.2. The Morgan fingerprint density at radius 1 is 1.00 bits per heavy atom. The van der Waals surface area contributed by atoms with Crippen LogP contribution < -0.4 is 10.2 Å². The second-order valence-corrected chi connectivity index (χ2v) is 6.46. The summed E-state index contributed by atoms with van der Waals surface area (Å²) in [5.74, 6) is 0.790. The van der Waals surface area contributed by atoms with Crippen LogP contribution in [0.1, 0.15) is 11.1 Å². The summed E-state index contributed by atoms with van der Waals surface area (Å²) in [4.78, 5) is 12.8. The standard InChI is InChI=1S/C25H17NO3/c1-28-20-12-9-17(10-13-20)5-4-6-19(16-26)18-11-14-24-22(15-18)25(27)21-7-2-3-8-23(21)29-24/h2-15H,1H3. The van der Waals surface area contributed by atoms with E-state index in [2.05, 4.69) is 6.07 Å². The molecule has 4 rings (SSSR count). The molecule has 1 aromatic heterocycles. The van der Waals surface area contributed by atoms with Gasteiger partial charge in [-0.3, -0.25) is 4.79 Å². The molecule has 0 N–H and O–H groups in total. The van der Waals surface area contributed by atoms with E-state index in [4.69, 9.17) is 9.15 Å². The number of para-hydroxylation sites is 1. The van der Waals surface area contributed by atoms with E-state index in [1.807, 2.05) is 42.5 Å². The minimum atomic E-state index is -0.102. The van der Waals surface area contributed by atoms with Crippen LogP contribution in [-0.2, 0) is 0 Å². The summed E-state index contributed by atoms with van der Waals surface area (Å²) in [6, 6.07) is 22.2. The summed E-state index contributed by atoms with van der Waals surface area (Å²) in [6.07, 6.45) is 5.45. The van der Waals surface area contributed by atoms with Crippen LogP contribution in [0.3, 0.4) is 0 Å². The Bertz CT molecular complexity index is 1350. The van der Waals surface area contributed by atoms with Gasteiger partial charge in [0, 0.05) is 0 Å². The molecule has 0 unspecified atom stereocenters. The molecule has 1 heterocycles. The van der Waals surface area contributed by atoms with Gasteiger partial charge in [-0.15, -0.1) is 0 Å². The van der Waals surface area contributed by atoms with Gasteiger partial charge in [0.15, 0.2) is 0 Å². The van der Waals surface area contributed by atoms with Gasteiger partial charge >= 0.3 is 0 Å². The van der Waals surface area contributed by atoms with Gasteiger partial charge in [0.1, 0.15) is 16.9 Å². The van der Waals surface area contributed by atoms with E-state index in [9.17, 15) is 10.1 Å². The molecule has 0 saturated carbocycles. The fraction of sp³-hybridized carbons (Fsp3) is 0.0400. The summed E-state index contributed by atoms with van der Waals surface area (Å²) in [5, 5.41) is 10.6. The molecule has 0 fully saturated rings. The minimum Gasteiger partial charge on any atom is -0.497 e. The summed E-state index contributed by atoms with van der Waals surface area (Å²) in [5.41, 5.74) is 3.07. The maximum atomic E-state index is 12.8. The van der Waals surface area contributed by atoms with Gasteiger partial charge in [-0.25, -0.2) is 0 Å². The number of benzene rings is 3. The second-order valence-electron chi connectivity index (χ2n) is 6.46. The van der Waals surface area contributed by atoms with Crippen LogP contribution in [0.2, 0.25) is 0 Å². The number of hydrogen-bond donors (Lipinski definition) is 0. The third-order valence-corrected chi connectivity index (χ3v) is 4.67. The van der Waals surface area contributed by atoms with Crippen molar-refractivity contribution in [2.45, 2.75) is 0 Å². The van der Waals surface area contributed by atoms with E-state index in [1.54, 1.807) is 49.6 Å². The number of nitriles is 1. The van der Waals surface area contributed by atoms with Gasteiger partial charge in [0.05, 0.1) is 29.5 Å². The molecule has 4 nitrogen and oxygen atoms in total. The van der Waals surface area contributed by atoms with Crippen molar-refractivity contribution < 1.29 is 9.15 Å². The predicted octanol–water partition coefficient (Wildman–Crippen LogP) is 5.58. The molecule has 140 valence electrons. The molecule has 0 saturated heterocycles. The Morgan fingerprint density at radius 3 is 2.52 bits per heavy atom. The molecule has 0 bridgehead atoms. The van der Waals surface area contributed by atoms with Gasteiger partial charge in [0.25, 0.3) is 0 Å². The lowest BCUT2D eigenvalue weighted by Gasteiger charge is -2.04. The van der Waals surface area contributed by atoms with Gasteiger partial charge < -0.3 is 9.15 Å². The summed E-state index contributed by atoms with van der Waals surface area (Å²) >= 11 is 0. The fourth-order valence-corrected chi connectivity index (χ4v) is 3.14. The monoisotopic (exact) mass is 379 g/mol. The lowest BCUT2D eigenvalue weighted by atomic mass is 10.0. The highest BCUT2D eigenvalue weighted by Crippen LogP contribution is 2.23. The molecule has 0 atom stereocenters. The molecule has 0 aliphatic rings. The number of fused-ring (bicyclic) bond motifs is 2. The molecule has 4 aromatic rings. The number of allylic oxidation sites excluding steroid dienone is 3. The summed E-state index contributed by atoms with van der Waals surface area (Å²) < 4.78 is 11.0. The molecule has 0 aliphatic carbocycles. The predicted molar refractivity (Wildman–Crippen MR) is 116 cm³/mol. The van der Waals surface area contributed by atoms with Crippen LogP contribution in [0, 0.1) is 11.3 Å². The van der Waals surface area contributed by atoms with Crippen molar-refractivity contribution in [3.8, 4) is 11.8 Å². The van der Waals surface area contributed by atoms with Crippen molar-refractivity contribution >= 4 is 33.6 Å². The van der Waals surface area contributed by atoms with Crippen molar-refractivity contribution in [1.82, 2.24) is 0 Å². The van der Waals surface area contributed by atoms with Gasteiger partial charge in [-0.05, 0) is 59.7 Å². The SMILES string of the molecule is COc1ccc(C=CC=C(C#N)c2ccc3oc4ccccc4c(=O)c3c2)cc1. The quantitative estimate of drug-likeness (QED) is 0.264. The Morgan fingerprint density at radius 2 is 1.76 bits per heavy atom. The smallest absolute Gasteiger partial charge is 0.200 e. The van der Waals surface area contributed by atoms with Gasteiger partial charge in [-0.1, -0.05) is 36.4 Å². The third-order valence-electron chi connectivity index (χ3n) is 4.67. The lowest BCUT2D eigenvalue weighted by Crippen LogP contribution is -2.02. The van der Waals surface area contributed by atoms with Gasteiger partial charge in [-0.2, -0.15) is 5.26 Å². The van der Waals surface area contributed by atoms with E-state index in [0.717, 1.165) is 11.3 Å². The number of rotatable bonds is 4. The van der Waals surface area contributed by atoms with E-state index in [1.165, 1.54) is 0 Å². The normalized spacial score (nSPS) is 11.8. The zero-order valence-corrected chi connectivity index (χ0v) is 15.8. The first-order valence-electron chi connectivity index (χ1n) is 9.08. The first kappa shape index (κ1) is 18.3. The molecular formula is C25H17NO3. The van der Waals surface area contributed by atoms with Crippen LogP contribution in [0.25, 0.3) is 33.6 Å². The highest BCUT2D eigenvalue weighted by Gasteiger charge is 2.09. The first-order valence-corrected chi connectivity index (χ1v) is 9.08. The van der Waals surface area contributed by atoms with Crippen LogP contribution in [0.5, 0.6) is 5.75 Å². The average Bonchev–Trinajstić information content (AvgIpc) is 2.77. The van der Waals surface area contributed by atoms with Crippen LogP contribution in [-0.4, -0.2) is 7.11 Å². The van der Waals surface area contributed by atoms with E-state index < -0.39 is 0 Å². The van der Waals surface area contributed by atoms with E-state index >= 15 is 0 Å².